The van der Waals surface area contributed by atoms with Crippen molar-refractivity contribution in [1.29, 1.82) is 0 Å². The van der Waals surface area contributed by atoms with Crippen LogP contribution in [0.2, 0.25) is 0 Å². The van der Waals surface area contributed by atoms with Crippen LogP contribution in [0, 0.1) is 11.6 Å². The highest BCUT2D eigenvalue weighted by atomic mass is 19.1. The Morgan fingerprint density at radius 2 is 1.76 bits per heavy atom. The van der Waals surface area contributed by atoms with Gasteiger partial charge in [0.1, 0.15) is 29.2 Å². The number of ether oxygens (including phenoxy) is 3. The fourth-order valence-corrected chi connectivity index (χ4v) is 4.73. The zero-order chi connectivity index (χ0) is 26.6. The van der Waals surface area contributed by atoms with E-state index in [0.717, 1.165) is 12.1 Å². The van der Waals surface area contributed by atoms with Crippen LogP contribution in [0.1, 0.15) is 33.6 Å². The molecule has 11 heteroatoms. The van der Waals surface area contributed by atoms with E-state index in [0.29, 0.717) is 24.0 Å². The average molecular weight is 518 g/mol. The lowest BCUT2D eigenvalue weighted by molar-refractivity contribution is -0.128. The van der Waals surface area contributed by atoms with Gasteiger partial charge in [0.2, 0.25) is 5.91 Å². The number of nitrogens with one attached hydrogen (secondary N) is 1. The summed E-state index contributed by atoms with van der Waals surface area (Å²) >= 11 is 0. The first kappa shape index (κ1) is 26.5. The monoisotopic (exact) mass is 517 g/mol. The number of rotatable bonds is 7. The van der Waals surface area contributed by atoms with Crippen molar-refractivity contribution in [2.24, 2.45) is 0 Å². The molecule has 0 unspecified atom stereocenters. The van der Waals surface area contributed by atoms with Gasteiger partial charge >= 0.3 is 0 Å². The molecular weight excluding hydrogens is 488 g/mol. The molecule has 2 aromatic carbocycles. The van der Waals surface area contributed by atoms with Gasteiger partial charge in [-0.1, -0.05) is 0 Å². The fraction of sp³-hybridized carbons (Fsp3) is 0.423. The van der Waals surface area contributed by atoms with Gasteiger partial charge in [0, 0.05) is 51.2 Å². The summed E-state index contributed by atoms with van der Waals surface area (Å²) in [6.45, 7) is 0.879. The minimum Gasteiger partial charge on any atom is -0.497 e. The van der Waals surface area contributed by atoms with Crippen LogP contribution in [-0.2, 0) is 14.3 Å². The zero-order valence-corrected chi connectivity index (χ0v) is 20.7. The topological polar surface area (TPSA) is 97.4 Å². The summed E-state index contributed by atoms with van der Waals surface area (Å²) in [5, 5.41) is 2.77. The van der Waals surface area contributed by atoms with E-state index in [1.165, 1.54) is 24.0 Å². The lowest BCUT2D eigenvalue weighted by Gasteiger charge is -2.44. The molecule has 9 nitrogen and oxygen atoms in total. The van der Waals surface area contributed by atoms with Gasteiger partial charge in [-0.3, -0.25) is 19.3 Å². The third-order valence-electron chi connectivity index (χ3n) is 6.72. The van der Waals surface area contributed by atoms with Crippen molar-refractivity contribution in [3.05, 3.63) is 65.2 Å². The maximum Gasteiger partial charge on any atom is 0.256 e. The fourth-order valence-electron chi connectivity index (χ4n) is 4.73. The molecule has 1 spiro atoms. The van der Waals surface area contributed by atoms with Gasteiger partial charge in [0.25, 0.3) is 11.8 Å². The number of piperidine rings is 1. The van der Waals surface area contributed by atoms with E-state index >= 15 is 0 Å². The Labute approximate surface area is 213 Å². The van der Waals surface area contributed by atoms with Gasteiger partial charge in [0.15, 0.2) is 0 Å². The number of methoxy groups -OCH3 is 2. The molecule has 3 amide bonds. The molecule has 0 bridgehead atoms. The van der Waals surface area contributed by atoms with E-state index < -0.39 is 35.2 Å². The number of carbonyl (C=O) groups excluding carboxylic acids is 3. The lowest BCUT2D eigenvalue weighted by atomic mass is 9.96. The second kappa shape index (κ2) is 11.2. The Kier molecular flexibility index (Phi) is 8.03. The van der Waals surface area contributed by atoms with Crippen LogP contribution in [0.4, 0.5) is 8.78 Å². The SMILES string of the molecule is COCCNC(=O)[C@H]1COC2(CCN(C(=O)c3ccc(F)cc3F)CC2)N1C(=O)c1ccc(OC)cc1. The number of amides is 3. The molecule has 37 heavy (non-hydrogen) atoms. The number of carbonyl (C=O) groups is 3. The average Bonchev–Trinajstić information content (AvgIpc) is 3.27. The summed E-state index contributed by atoms with van der Waals surface area (Å²) in [6, 6.07) is 8.47. The van der Waals surface area contributed by atoms with Gasteiger partial charge in [-0.25, -0.2) is 8.78 Å². The minimum absolute atomic E-state index is 0.0127. The number of hydrogen-bond acceptors (Lipinski definition) is 6. The highest BCUT2D eigenvalue weighted by molar-refractivity contribution is 5.99. The quantitative estimate of drug-likeness (QED) is 0.566. The normalized spacial score (nSPS) is 18.6. The maximum atomic E-state index is 14.2. The maximum absolute atomic E-state index is 14.2. The van der Waals surface area contributed by atoms with Crippen molar-refractivity contribution in [3.63, 3.8) is 0 Å². The van der Waals surface area contributed by atoms with Crippen molar-refractivity contribution in [2.75, 3.05) is 47.1 Å². The summed E-state index contributed by atoms with van der Waals surface area (Å²) in [4.78, 5) is 42.5. The van der Waals surface area contributed by atoms with Gasteiger partial charge in [-0.05, 0) is 36.4 Å². The van der Waals surface area contributed by atoms with Crippen molar-refractivity contribution < 1.29 is 37.4 Å². The summed E-state index contributed by atoms with van der Waals surface area (Å²) in [6.07, 6.45) is 0.427. The second-order valence-corrected chi connectivity index (χ2v) is 8.88. The Balaban J connectivity index is 1.56. The van der Waals surface area contributed by atoms with Crippen LogP contribution in [-0.4, -0.2) is 86.4 Å². The molecule has 0 saturated carbocycles. The molecule has 2 aliphatic rings. The zero-order valence-electron chi connectivity index (χ0n) is 20.7. The Hall–Kier alpha value is -3.57. The molecule has 0 aromatic heterocycles. The summed E-state index contributed by atoms with van der Waals surface area (Å²) < 4.78 is 43.8. The van der Waals surface area contributed by atoms with Gasteiger partial charge in [-0.15, -0.1) is 0 Å². The van der Waals surface area contributed by atoms with E-state index in [9.17, 15) is 23.2 Å². The standard InChI is InChI=1S/C26H29F2N3O6/c1-35-14-11-29-23(32)22-16-37-26(31(22)24(33)17-3-6-19(36-2)7-4-17)9-12-30(13-10-26)25(34)20-8-5-18(27)15-21(20)28/h3-8,15,22H,9-14,16H2,1-2H3,(H,29,32)/t22-/m1/s1. The predicted octanol–water partition coefficient (Wildman–Crippen LogP) is 2.21. The van der Waals surface area contributed by atoms with E-state index in [-0.39, 0.29) is 50.6 Å². The van der Waals surface area contributed by atoms with Gasteiger partial charge in [0.05, 0.1) is 25.9 Å². The molecule has 2 aromatic rings. The van der Waals surface area contributed by atoms with E-state index in [4.69, 9.17) is 14.2 Å². The lowest BCUT2D eigenvalue weighted by Crippen LogP contribution is -2.60. The largest absolute Gasteiger partial charge is 0.497 e. The van der Waals surface area contributed by atoms with E-state index in [1.807, 2.05) is 0 Å². The number of likely N-dealkylation sites (tertiary alicyclic amines) is 1. The first-order valence-electron chi connectivity index (χ1n) is 11.9. The number of nitrogens with zero attached hydrogens (tertiary/aromatic N) is 2. The van der Waals surface area contributed by atoms with Crippen LogP contribution >= 0.6 is 0 Å². The minimum atomic E-state index is -1.13. The summed E-state index contributed by atoms with van der Waals surface area (Å²) in [7, 11) is 3.04. The van der Waals surface area contributed by atoms with Crippen LogP contribution in [0.15, 0.2) is 42.5 Å². The van der Waals surface area contributed by atoms with Crippen molar-refractivity contribution in [1.82, 2.24) is 15.1 Å². The van der Waals surface area contributed by atoms with Crippen molar-refractivity contribution >= 4 is 17.7 Å². The van der Waals surface area contributed by atoms with Crippen molar-refractivity contribution in [3.8, 4) is 5.75 Å². The Bertz CT molecular complexity index is 1150. The molecule has 198 valence electrons. The number of hydrogen-bond donors (Lipinski definition) is 1. The third-order valence-corrected chi connectivity index (χ3v) is 6.72. The first-order chi connectivity index (χ1) is 17.8. The molecule has 1 N–H and O–H groups in total. The highest BCUT2D eigenvalue weighted by Crippen LogP contribution is 2.39. The van der Waals surface area contributed by atoms with Gasteiger partial charge in [-0.2, -0.15) is 0 Å². The molecule has 2 saturated heterocycles. The molecule has 1 atom stereocenters. The van der Waals surface area contributed by atoms with Crippen LogP contribution < -0.4 is 10.1 Å². The Morgan fingerprint density at radius 3 is 2.38 bits per heavy atom. The third kappa shape index (κ3) is 5.42. The number of halogens is 2. The Morgan fingerprint density at radius 1 is 1.05 bits per heavy atom. The molecule has 2 fully saturated rings. The van der Waals surface area contributed by atoms with Crippen molar-refractivity contribution in [2.45, 2.75) is 24.6 Å². The number of benzene rings is 2. The first-order valence-corrected chi connectivity index (χ1v) is 11.9. The molecule has 0 aliphatic carbocycles. The second-order valence-electron chi connectivity index (χ2n) is 8.88. The smallest absolute Gasteiger partial charge is 0.256 e. The molecule has 2 aliphatic heterocycles. The predicted molar refractivity (Wildman–Crippen MR) is 128 cm³/mol. The molecular formula is C26H29F2N3O6. The molecule has 2 heterocycles. The van der Waals surface area contributed by atoms with Crippen LogP contribution in [0.3, 0.4) is 0 Å². The van der Waals surface area contributed by atoms with E-state index in [1.54, 1.807) is 24.3 Å². The molecule has 4 rings (SSSR count). The van der Waals surface area contributed by atoms with Gasteiger partial charge < -0.3 is 24.4 Å². The highest BCUT2D eigenvalue weighted by Gasteiger charge is 2.54. The van der Waals surface area contributed by atoms with Crippen LogP contribution in [0.25, 0.3) is 0 Å². The van der Waals surface area contributed by atoms with E-state index in [2.05, 4.69) is 5.32 Å². The molecule has 0 radical (unpaired) electrons. The summed E-state index contributed by atoms with van der Waals surface area (Å²) in [5.74, 6) is -2.47. The summed E-state index contributed by atoms with van der Waals surface area (Å²) in [5.41, 5.74) is -1.00. The van der Waals surface area contributed by atoms with Crippen LogP contribution in [0.5, 0.6) is 5.75 Å².